The number of rotatable bonds is 5. The van der Waals surface area contributed by atoms with Gasteiger partial charge in [0.2, 0.25) is 11.8 Å². The van der Waals surface area contributed by atoms with E-state index in [9.17, 15) is 0 Å². The van der Waals surface area contributed by atoms with Crippen LogP contribution in [0.3, 0.4) is 0 Å². The number of benzene rings is 1. The maximum absolute atomic E-state index is 5.90. The second kappa shape index (κ2) is 6.24. The maximum Gasteiger partial charge on any atom is 0.244 e. The molecule has 5 nitrogen and oxygen atoms in total. The summed E-state index contributed by atoms with van der Waals surface area (Å²) < 4.78 is 10.8. The molecule has 6 heteroatoms. The van der Waals surface area contributed by atoms with E-state index in [0.29, 0.717) is 35.7 Å². The summed E-state index contributed by atoms with van der Waals surface area (Å²) in [6.45, 7) is 2.66. The van der Waals surface area contributed by atoms with Gasteiger partial charge in [0.05, 0.1) is 6.61 Å². The van der Waals surface area contributed by atoms with Crippen molar-refractivity contribution in [2.75, 3.05) is 12.3 Å². The van der Waals surface area contributed by atoms with Crippen molar-refractivity contribution in [1.82, 2.24) is 9.97 Å². The molecule has 0 aliphatic heterocycles. The van der Waals surface area contributed by atoms with E-state index in [1.807, 2.05) is 25.1 Å². The third-order valence-electron chi connectivity index (χ3n) is 2.36. The second-order valence-electron chi connectivity index (χ2n) is 3.75. The van der Waals surface area contributed by atoms with Crippen LogP contribution < -0.4 is 15.2 Å². The molecule has 0 spiro atoms. The first-order valence-electron chi connectivity index (χ1n) is 5.81. The standard InChI is InChI=1S/C13H14ClN3O2/c1-2-18-12-11(15)13(17-8-16-12)19-7-9-4-3-5-10(14)6-9/h3-6,8H,2,7,15H2,1H3. The number of nitrogens with two attached hydrogens (primary N) is 1. The molecule has 0 amide bonds. The minimum atomic E-state index is 0.298. The van der Waals surface area contributed by atoms with Crippen LogP contribution in [0, 0.1) is 0 Å². The van der Waals surface area contributed by atoms with Crippen molar-refractivity contribution in [2.24, 2.45) is 0 Å². The van der Waals surface area contributed by atoms with Gasteiger partial charge in [-0.2, -0.15) is 9.97 Å². The maximum atomic E-state index is 5.90. The highest BCUT2D eigenvalue weighted by molar-refractivity contribution is 6.30. The Hall–Kier alpha value is -2.01. The van der Waals surface area contributed by atoms with Gasteiger partial charge in [0, 0.05) is 5.02 Å². The van der Waals surface area contributed by atoms with Gasteiger partial charge >= 0.3 is 0 Å². The number of anilines is 1. The van der Waals surface area contributed by atoms with Gasteiger partial charge in [-0.15, -0.1) is 0 Å². The zero-order chi connectivity index (χ0) is 13.7. The lowest BCUT2D eigenvalue weighted by molar-refractivity contribution is 0.287. The highest BCUT2D eigenvalue weighted by atomic mass is 35.5. The highest BCUT2D eigenvalue weighted by Crippen LogP contribution is 2.27. The van der Waals surface area contributed by atoms with Crippen molar-refractivity contribution in [3.05, 3.63) is 41.2 Å². The molecule has 1 aromatic heterocycles. The van der Waals surface area contributed by atoms with E-state index < -0.39 is 0 Å². The Kier molecular flexibility index (Phi) is 4.41. The van der Waals surface area contributed by atoms with Gasteiger partial charge in [-0.3, -0.25) is 0 Å². The van der Waals surface area contributed by atoms with Gasteiger partial charge in [0.1, 0.15) is 12.9 Å². The van der Waals surface area contributed by atoms with Gasteiger partial charge < -0.3 is 15.2 Å². The molecule has 2 rings (SSSR count). The Balaban J connectivity index is 2.09. The van der Waals surface area contributed by atoms with Crippen molar-refractivity contribution < 1.29 is 9.47 Å². The molecule has 0 aliphatic rings. The number of nitrogen functional groups attached to an aromatic ring is 1. The predicted molar refractivity (Wildman–Crippen MR) is 73.4 cm³/mol. The SMILES string of the molecule is CCOc1ncnc(OCc2cccc(Cl)c2)c1N. The molecule has 0 aliphatic carbocycles. The first-order valence-corrected chi connectivity index (χ1v) is 6.19. The third kappa shape index (κ3) is 3.48. The lowest BCUT2D eigenvalue weighted by Crippen LogP contribution is -2.05. The molecule has 0 saturated carbocycles. The van der Waals surface area contributed by atoms with Crippen LogP contribution in [0.15, 0.2) is 30.6 Å². The number of hydrogen-bond acceptors (Lipinski definition) is 5. The van der Waals surface area contributed by atoms with E-state index >= 15 is 0 Å². The first kappa shape index (κ1) is 13.4. The molecule has 2 aromatic rings. The van der Waals surface area contributed by atoms with Gasteiger partial charge in [-0.05, 0) is 24.6 Å². The first-order chi connectivity index (χ1) is 9.20. The Labute approximate surface area is 116 Å². The van der Waals surface area contributed by atoms with Crippen molar-refractivity contribution in [1.29, 1.82) is 0 Å². The zero-order valence-corrected chi connectivity index (χ0v) is 11.2. The van der Waals surface area contributed by atoms with Gasteiger partial charge in [0.15, 0.2) is 5.69 Å². The van der Waals surface area contributed by atoms with E-state index in [0.717, 1.165) is 5.56 Å². The van der Waals surface area contributed by atoms with Gasteiger partial charge in [-0.1, -0.05) is 23.7 Å². The zero-order valence-electron chi connectivity index (χ0n) is 10.5. The predicted octanol–water partition coefficient (Wildman–Crippen LogP) is 2.69. The van der Waals surface area contributed by atoms with Gasteiger partial charge in [-0.25, -0.2) is 0 Å². The van der Waals surface area contributed by atoms with Crippen LogP contribution >= 0.6 is 11.6 Å². The molecular weight excluding hydrogens is 266 g/mol. The normalized spacial score (nSPS) is 10.2. The molecule has 0 atom stereocenters. The number of halogens is 1. The number of ether oxygens (including phenoxy) is 2. The molecule has 0 saturated heterocycles. The Bertz CT molecular complexity index is 563. The van der Waals surface area contributed by atoms with Crippen LogP contribution in [0.5, 0.6) is 11.8 Å². The van der Waals surface area contributed by atoms with Crippen molar-refractivity contribution in [3.8, 4) is 11.8 Å². The van der Waals surface area contributed by atoms with Crippen LogP contribution in [0.25, 0.3) is 0 Å². The highest BCUT2D eigenvalue weighted by Gasteiger charge is 2.10. The average Bonchev–Trinajstić information content (AvgIpc) is 2.40. The van der Waals surface area contributed by atoms with E-state index in [1.165, 1.54) is 6.33 Å². The summed E-state index contributed by atoms with van der Waals surface area (Å²) in [5.41, 5.74) is 7.09. The number of aromatic nitrogens is 2. The number of hydrogen-bond donors (Lipinski definition) is 1. The summed E-state index contributed by atoms with van der Waals surface area (Å²) in [5, 5.41) is 0.659. The molecule has 0 radical (unpaired) electrons. The van der Waals surface area contributed by atoms with E-state index in [4.69, 9.17) is 26.8 Å². The van der Waals surface area contributed by atoms with Crippen LogP contribution in [-0.2, 0) is 6.61 Å². The van der Waals surface area contributed by atoms with E-state index in [1.54, 1.807) is 6.07 Å². The second-order valence-corrected chi connectivity index (χ2v) is 4.19. The minimum absolute atomic E-state index is 0.298. The molecule has 19 heavy (non-hydrogen) atoms. The van der Waals surface area contributed by atoms with Gasteiger partial charge in [0.25, 0.3) is 0 Å². The third-order valence-corrected chi connectivity index (χ3v) is 2.59. The van der Waals surface area contributed by atoms with Crippen molar-refractivity contribution in [2.45, 2.75) is 13.5 Å². The Morgan fingerprint density at radius 1 is 1.21 bits per heavy atom. The fourth-order valence-electron chi connectivity index (χ4n) is 1.51. The summed E-state index contributed by atoms with van der Waals surface area (Å²) in [4.78, 5) is 7.93. The summed E-state index contributed by atoms with van der Waals surface area (Å²) in [5.74, 6) is 0.636. The Morgan fingerprint density at radius 3 is 2.63 bits per heavy atom. The van der Waals surface area contributed by atoms with E-state index in [-0.39, 0.29) is 0 Å². The fourth-order valence-corrected chi connectivity index (χ4v) is 1.72. The smallest absolute Gasteiger partial charge is 0.244 e. The lowest BCUT2D eigenvalue weighted by Gasteiger charge is -2.10. The van der Waals surface area contributed by atoms with Crippen molar-refractivity contribution >= 4 is 17.3 Å². The Morgan fingerprint density at radius 2 is 1.95 bits per heavy atom. The van der Waals surface area contributed by atoms with Crippen LogP contribution in [0.2, 0.25) is 5.02 Å². The van der Waals surface area contributed by atoms with Crippen LogP contribution in [-0.4, -0.2) is 16.6 Å². The molecule has 0 fully saturated rings. The quantitative estimate of drug-likeness (QED) is 0.911. The summed E-state index contributed by atoms with van der Waals surface area (Å²) in [6.07, 6.45) is 1.36. The summed E-state index contributed by atoms with van der Waals surface area (Å²) in [6, 6.07) is 7.39. The largest absolute Gasteiger partial charge is 0.476 e. The molecule has 0 bridgehead atoms. The number of nitrogens with zero attached hydrogens (tertiary/aromatic N) is 2. The molecular formula is C13H14ClN3O2. The molecule has 0 unspecified atom stereocenters. The monoisotopic (exact) mass is 279 g/mol. The fraction of sp³-hybridized carbons (Fsp3) is 0.231. The average molecular weight is 280 g/mol. The van der Waals surface area contributed by atoms with Crippen LogP contribution in [0.1, 0.15) is 12.5 Å². The topological polar surface area (TPSA) is 70.3 Å². The lowest BCUT2D eigenvalue weighted by atomic mass is 10.2. The van der Waals surface area contributed by atoms with E-state index in [2.05, 4.69) is 9.97 Å². The van der Waals surface area contributed by atoms with Crippen molar-refractivity contribution in [3.63, 3.8) is 0 Å². The molecule has 100 valence electrons. The van der Waals surface area contributed by atoms with Crippen LogP contribution in [0.4, 0.5) is 5.69 Å². The summed E-state index contributed by atoms with van der Waals surface area (Å²) in [7, 11) is 0. The summed E-state index contributed by atoms with van der Waals surface area (Å²) >= 11 is 5.90. The molecule has 1 heterocycles. The molecule has 2 N–H and O–H groups in total. The molecule has 1 aromatic carbocycles. The minimum Gasteiger partial charge on any atom is -0.476 e.